The van der Waals surface area contributed by atoms with Crippen LogP contribution in [0.5, 0.6) is 0 Å². The highest BCUT2D eigenvalue weighted by Gasteiger charge is 2.37. The lowest BCUT2D eigenvalue weighted by molar-refractivity contribution is 0.584. The summed E-state index contributed by atoms with van der Waals surface area (Å²) >= 11 is 1.12. The number of hydrogen-bond acceptors (Lipinski definition) is 5. The molecule has 1 aromatic heterocycles. The molecule has 142 valence electrons. The highest BCUT2D eigenvalue weighted by molar-refractivity contribution is 8.10. The fourth-order valence-corrected chi connectivity index (χ4v) is 8.00. The summed E-state index contributed by atoms with van der Waals surface area (Å²) < 4.78 is 54.9. The lowest BCUT2D eigenvalue weighted by Gasteiger charge is -2.22. The molecule has 0 N–H and O–H groups in total. The number of fused-ring (bicyclic) bond motifs is 1. The molecule has 0 radical (unpaired) electrons. The molecule has 0 saturated carbocycles. The van der Waals surface area contributed by atoms with Crippen LogP contribution >= 0.6 is 11.3 Å². The molecule has 5 nitrogen and oxygen atoms in total. The summed E-state index contributed by atoms with van der Waals surface area (Å²) in [6.07, 6.45) is 0. The zero-order valence-electron chi connectivity index (χ0n) is 14.5. The Morgan fingerprint density at radius 1 is 0.607 bits per heavy atom. The zero-order chi connectivity index (χ0) is 19.8. The van der Waals surface area contributed by atoms with Gasteiger partial charge in [0.05, 0.1) is 9.79 Å². The summed E-state index contributed by atoms with van der Waals surface area (Å²) in [4.78, 5) is -0.182. The maximum atomic E-state index is 13.4. The molecule has 0 amide bonds. The van der Waals surface area contributed by atoms with Crippen LogP contribution in [0.15, 0.2) is 101 Å². The van der Waals surface area contributed by atoms with E-state index in [9.17, 15) is 16.8 Å². The van der Waals surface area contributed by atoms with Crippen LogP contribution in [0, 0.1) is 0 Å². The molecule has 0 unspecified atom stereocenters. The highest BCUT2D eigenvalue weighted by Crippen LogP contribution is 2.38. The Morgan fingerprint density at radius 2 is 1.07 bits per heavy atom. The second kappa shape index (κ2) is 7.05. The number of anilines is 1. The first kappa shape index (κ1) is 18.7. The molecule has 0 aliphatic heterocycles. The van der Waals surface area contributed by atoms with Gasteiger partial charge in [-0.1, -0.05) is 54.6 Å². The lowest BCUT2D eigenvalue weighted by atomic mass is 10.3. The van der Waals surface area contributed by atoms with Crippen LogP contribution in [0.25, 0.3) is 10.1 Å². The molecule has 4 rings (SSSR count). The smallest absolute Gasteiger partial charge is 0.200 e. The van der Waals surface area contributed by atoms with E-state index in [1.807, 2.05) is 24.3 Å². The Balaban J connectivity index is 1.99. The van der Waals surface area contributed by atoms with E-state index < -0.39 is 20.0 Å². The second-order valence-corrected chi connectivity index (χ2v) is 10.8. The largest absolute Gasteiger partial charge is 0.278 e. The maximum Gasteiger partial charge on any atom is 0.278 e. The Morgan fingerprint density at radius 3 is 1.57 bits per heavy atom. The Hall–Kier alpha value is -2.68. The fraction of sp³-hybridized carbons (Fsp3) is 0. The van der Waals surface area contributed by atoms with E-state index in [1.165, 1.54) is 24.3 Å². The SMILES string of the molecule is O=S(=O)(c1ccccc1)N(c1cc2ccccc2s1)S(=O)(=O)c1ccccc1. The number of sulfonamides is 2. The first-order valence-electron chi connectivity index (χ1n) is 8.30. The van der Waals surface area contributed by atoms with E-state index in [2.05, 4.69) is 0 Å². The third-order valence-electron chi connectivity index (χ3n) is 4.11. The van der Waals surface area contributed by atoms with Crippen molar-refractivity contribution >= 4 is 46.5 Å². The van der Waals surface area contributed by atoms with Gasteiger partial charge in [-0.2, -0.15) is 16.8 Å². The molecule has 0 spiro atoms. The van der Waals surface area contributed by atoms with Gasteiger partial charge in [0, 0.05) is 4.70 Å². The molecule has 0 saturated heterocycles. The van der Waals surface area contributed by atoms with Gasteiger partial charge in [0.15, 0.2) is 0 Å². The second-order valence-electron chi connectivity index (χ2n) is 5.96. The Kier molecular flexibility index (Phi) is 4.70. The highest BCUT2D eigenvalue weighted by atomic mass is 32.3. The maximum absolute atomic E-state index is 13.4. The van der Waals surface area contributed by atoms with Gasteiger partial charge in [0.25, 0.3) is 20.0 Å². The van der Waals surface area contributed by atoms with Crippen molar-refractivity contribution in [1.82, 2.24) is 0 Å². The number of hydrogen-bond donors (Lipinski definition) is 0. The summed E-state index contributed by atoms with van der Waals surface area (Å²) in [5.41, 5.74) is 0. The normalized spacial score (nSPS) is 12.1. The van der Waals surface area contributed by atoms with Crippen LogP contribution in [-0.4, -0.2) is 16.8 Å². The molecular weight excluding hydrogens is 414 g/mol. The number of rotatable bonds is 5. The quantitative estimate of drug-likeness (QED) is 0.469. The predicted molar refractivity (Wildman–Crippen MR) is 112 cm³/mol. The number of benzene rings is 3. The van der Waals surface area contributed by atoms with Gasteiger partial charge in [0.1, 0.15) is 5.00 Å². The van der Waals surface area contributed by atoms with E-state index >= 15 is 0 Å². The van der Waals surface area contributed by atoms with Crippen LogP contribution in [0.4, 0.5) is 5.00 Å². The minimum atomic E-state index is -4.35. The van der Waals surface area contributed by atoms with Crippen molar-refractivity contribution < 1.29 is 16.8 Å². The molecule has 0 aliphatic rings. The first-order valence-corrected chi connectivity index (χ1v) is 12.0. The summed E-state index contributed by atoms with van der Waals surface area (Å²) in [6, 6.07) is 24.0. The molecule has 8 heteroatoms. The molecule has 3 aromatic carbocycles. The molecular formula is C20H15NO4S3. The van der Waals surface area contributed by atoms with Crippen molar-refractivity contribution in [1.29, 1.82) is 0 Å². The van der Waals surface area contributed by atoms with Crippen LogP contribution < -0.4 is 3.71 Å². The molecule has 1 heterocycles. The predicted octanol–water partition coefficient (Wildman–Crippen LogP) is 4.49. The minimum Gasteiger partial charge on any atom is -0.200 e. The van der Waals surface area contributed by atoms with Crippen molar-refractivity contribution in [2.75, 3.05) is 3.71 Å². The molecule has 0 fully saturated rings. The van der Waals surface area contributed by atoms with Crippen LogP contribution in [-0.2, 0) is 20.0 Å². The van der Waals surface area contributed by atoms with Gasteiger partial charge >= 0.3 is 0 Å². The van der Waals surface area contributed by atoms with Crippen molar-refractivity contribution in [3.8, 4) is 0 Å². The fourth-order valence-electron chi connectivity index (χ4n) is 2.80. The summed E-state index contributed by atoms with van der Waals surface area (Å²) in [5.74, 6) is 0. The molecule has 0 atom stereocenters. The standard InChI is InChI=1S/C20H15NO4S3/c22-27(23,17-10-3-1-4-11-17)21(28(24,25)18-12-5-2-6-13-18)20-15-16-9-7-8-14-19(16)26-20/h1-15H. The Labute approximate surface area is 167 Å². The topological polar surface area (TPSA) is 71.5 Å². The third kappa shape index (κ3) is 3.19. The number of nitrogens with zero attached hydrogens (tertiary/aromatic N) is 1. The van der Waals surface area contributed by atoms with Crippen molar-refractivity contribution in [3.63, 3.8) is 0 Å². The molecule has 0 bridgehead atoms. The average Bonchev–Trinajstić information content (AvgIpc) is 3.12. The number of thiophene rings is 1. The van der Waals surface area contributed by atoms with E-state index in [0.29, 0.717) is 3.71 Å². The average molecular weight is 430 g/mol. The lowest BCUT2D eigenvalue weighted by Crippen LogP contribution is -2.36. The zero-order valence-corrected chi connectivity index (χ0v) is 16.9. The van der Waals surface area contributed by atoms with Gasteiger partial charge in [-0.3, -0.25) is 0 Å². The summed E-state index contributed by atoms with van der Waals surface area (Å²) in [6.45, 7) is 0. The van der Waals surface area contributed by atoms with Crippen molar-refractivity contribution in [2.24, 2.45) is 0 Å². The molecule has 0 aliphatic carbocycles. The van der Waals surface area contributed by atoms with E-state index in [1.54, 1.807) is 42.5 Å². The van der Waals surface area contributed by atoms with Crippen LogP contribution in [0.3, 0.4) is 0 Å². The summed E-state index contributed by atoms with van der Waals surface area (Å²) in [5, 5.41) is 0.896. The monoisotopic (exact) mass is 429 g/mol. The van der Waals surface area contributed by atoms with Gasteiger partial charge in [-0.25, -0.2) is 0 Å². The molecule has 4 aromatic rings. The van der Waals surface area contributed by atoms with Gasteiger partial charge in [-0.05, 0) is 41.8 Å². The van der Waals surface area contributed by atoms with E-state index in [4.69, 9.17) is 0 Å². The van der Waals surface area contributed by atoms with Crippen molar-refractivity contribution in [2.45, 2.75) is 9.79 Å². The van der Waals surface area contributed by atoms with Crippen LogP contribution in [0.1, 0.15) is 0 Å². The van der Waals surface area contributed by atoms with E-state index in [-0.39, 0.29) is 14.8 Å². The van der Waals surface area contributed by atoms with Gasteiger partial charge < -0.3 is 0 Å². The third-order valence-corrected chi connectivity index (χ3v) is 9.62. The van der Waals surface area contributed by atoms with Crippen molar-refractivity contribution in [3.05, 3.63) is 91.0 Å². The van der Waals surface area contributed by atoms with Crippen LogP contribution in [0.2, 0.25) is 0 Å². The van der Waals surface area contributed by atoms with Gasteiger partial charge in [-0.15, -0.1) is 15.0 Å². The Bertz CT molecular complexity index is 1230. The first-order chi connectivity index (χ1) is 13.4. The summed E-state index contributed by atoms with van der Waals surface area (Å²) in [7, 11) is -8.70. The van der Waals surface area contributed by atoms with Gasteiger partial charge in [0.2, 0.25) is 0 Å². The van der Waals surface area contributed by atoms with E-state index in [0.717, 1.165) is 21.4 Å². The molecule has 28 heavy (non-hydrogen) atoms. The minimum absolute atomic E-state index is 0.0908.